The highest BCUT2D eigenvalue weighted by atomic mass is 15.0. The van der Waals surface area contributed by atoms with Crippen LogP contribution in [-0.2, 0) is 0 Å². The van der Waals surface area contributed by atoms with E-state index in [-0.39, 0.29) is 0 Å². The van der Waals surface area contributed by atoms with Crippen LogP contribution in [0.4, 0.5) is 0 Å². The zero-order valence-corrected chi connectivity index (χ0v) is 54.1. The molecule has 450 valence electrons. The molecular weight excluding hydrogens is 1140 g/mol. The predicted molar refractivity (Wildman–Crippen MR) is 393 cm³/mol. The third kappa shape index (κ3) is 10.6. The van der Waals surface area contributed by atoms with Gasteiger partial charge in [0.15, 0.2) is 17.5 Å². The van der Waals surface area contributed by atoms with E-state index in [1.54, 1.807) is 0 Å². The molecule has 0 unspecified atom stereocenters. The number of aryl methyl sites for hydroxylation is 8. The fourth-order valence-electron chi connectivity index (χ4n) is 14.6. The van der Waals surface area contributed by atoms with Crippen molar-refractivity contribution in [2.45, 2.75) is 55.4 Å². The van der Waals surface area contributed by atoms with E-state index in [2.05, 4.69) is 288 Å². The second-order valence-electron chi connectivity index (χ2n) is 25.8. The van der Waals surface area contributed by atoms with E-state index in [4.69, 9.17) is 15.0 Å². The summed E-state index contributed by atoms with van der Waals surface area (Å²) in [7, 11) is 0. The van der Waals surface area contributed by atoms with Crippen LogP contribution in [-0.4, -0.2) is 29.1 Å². The molecule has 0 radical (unpaired) electrons. The van der Waals surface area contributed by atoms with Crippen LogP contribution in [0.15, 0.2) is 267 Å². The fraction of sp³-hybridized carbons (Fsp3) is 0.0909. The normalized spacial score (nSPS) is 11.6. The van der Waals surface area contributed by atoms with Gasteiger partial charge in [-0.1, -0.05) is 208 Å². The van der Waals surface area contributed by atoms with Gasteiger partial charge in [0.05, 0.1) is 27.8 Å². The molecule has 4 heterocycles. The largest absolute Gasteiger partial charge is 0.309 e. The monoisotopic (exact) mass is 1210 g/mol. The third-order valence-corrected chi connectivity index (χ3v) is 18.5. The smallest absolute Gasteiger partial charge is 0.164 e. The summed E-state index contributed by atoms with van der Waals surface area (Å²) in [5.74, 6) is 1.74. The van der Waals surface area contributed by atoms with Gasteiger partial charge in [-0.15, -0.1) is 0 Å². The summed E-state index contributed by atoms with van der Waals surface area (Å²) in [4.78, 5) is 20.7. The first kappa shape index (κ1) is 57.6. The molecule has 16 rings (SSSR count). The number of pyridine rings is 1. The minimum Gasteiger partial charge on any atom is -0.309 e. The van der Waals surface area contributed by atoms with Crippen molar-refractivity contribution in [3.05, 3.63) is 312 Å². The van der Waals surface area contributed by atoms with Crippen LogP contribution >= 0.6 is 0 Å². The maximum absolute atomic E-state index is 5.51. The summed E-state index contributed by atoms with van der Waals surface area (Å²) >= 11 is 0. The predicted octanol–water partition coefficient (Wildman–Crippen LogP) is 22.9. The molecule has 0 fully saturated rings. The van der Waals surface area contributed by atoms with Gasteiger partial charge in [-0.05, 0) is 208 Å². The van der Waals surface area contributed by atoms with E-state index in [1.165, 1.54) is 111 Å². The molecule has 94 heavy (non-hydrogen) atoms. The molecule has 0 spiro atoms. The molecule has 4 aromatic heterocycles. The van der Waals surface area contributed by atoms with E-state index in [9.17, 15) is 0 Å². The lowest BCUT2D eigenvalue weighted by Crippen LogP contribution is -2.04. The Morgan fingerprint density at radius 2 is 0.574 bits per heavy atom. The van der Waals surface area contributed by atoms with Gasteiger partial charge >= 0.3 is 0 Å². The molecule has 16 aromatic rings. The topological polar surface area (TPSA) is 61.4 Å². The second-order valence-corrected chi connectivity index (χ2v) is 25.8. The zero-order chi connectivity index (χ0) is 63.9. The Bertz CT molecular complexity index is 5340. The lowest BCUT2D eigenvalue weighted by Gasteiger charge is -2.20. The van der Waals surface area contributed by atoms with Gasteiger partial charge in [-0.25, -0.2) is 15.0 Å². The molecule has 0 atom stereocenters. The molecule has 6 nitrogen and oxygen atoms in total. The molecular formula is C88H68N6. The Balaban J connectivity index is 1.01. The minimum atomic E-state index is 0.561. The number of hydrogen-bond donors (Lipinski definition) is 0. The average molecular weight is 1210 g/mol. The summed E-state index contributed by atoms with van der Waals surface area (Å²) < 4.78 is 4.95. The van der Waals surface area contributed by atoms with E-state index in [0.29, 0.717) is 17.5 Å². The summed E-state index contributed by atoms with van der Waals surface area (Å²) in [5.41, 5.74) is 32.5. The number of fused-ring (bicyclic) bond motifs is 6. The first-order valence-electron chi connectivity index (χ1n) is 32.4. The van der Waals surface area contributed by atoms with Crippen molar-refractivity contribution in [1.82, 2.24) is 29.1 Å². The van der Waals surface area contributed by atoms with E-state index in [0.717, 1.165) is 72.4 Å². The van der Waals surface area contributed by atoms with E-state index >= 15 is 0 Å². The lowest BCUT2D eigenvalue weighted by atomic mass is 9.93. The standard InChI is InChI=1S/C88H68N6/c1-53-35-54(2)40-69(39-53)65-20-26-81-77(48-65)78-49-66(70-41-55(3)36-56(4)42-70)21-27-82(78)93(81)73-24-25-74(88-91-86(62-15-11-9-12-16-62)90-87(92-88)63-17-13-10-14-18-63)75(52-73)76-47-64(61-31-33-89-34-32-61)19-28-83(76)94-84-29-22-67(71-43-57(5)37-58(6)44-71)50-79(84)80-51-68(23-30-85(80)94)72-45-59(7)38-60(8)46-72/h9-52H,1-8H3. The van der Waals surface area contributed by atoms with Crippen LogP contribution in [0.5, 0.6) is 0 Å². The molecule has 0 saturated carbocycles. The van der Waals surface area contributed by atoms with Crippen molar-refractivity contribution in [2.75, 3.05) is 0 Å². The summed E-state index contributed by atoms with van der Waals surface area (Å²) in [5, 5.41) is 4.68. The summed E-state index contributed by atoms with van der Waals surface area (Å²) in [6, 6.07) is 94.1. The van der Waals surface area contributed by atoms with Gasteiger partial charge in [0, 0.05) is 61.9 Å². The Labute approximate surface area is 548 Å². The molecule has 0 N–H and O–H groups in total. The number of aromatic nitrogens is 6. The van der Waals surface area contributed by atoms with Crippen LogP contribution in [0.3, 0.4) is 0 Å². The number of hydrogen-bond acceptors (Lipinski definition) is 4. The van der Waals surface area contributed by atoms with Crippen LogP contribution in [0.2, 0.25) is 0 Å². The van der Waals surface area contributed by atoms with Crippen molar-refractivity contribution < 1.29 is 0 Å². The van der Waals surface area contributed by atoms with E-state index < -0.39 is 0 Å². The number of rotatable bonds is 11. The molecule has 6 heteroatoms. The number of nitrogens with zero attached hydrogens (tertiary/aromatic N) is 6. The fourth-order valence-corrected chi connectivity index (χ4v) is 14.6. The summed E-state index contributed by atoms with van der Waals surface area (Å²) in [6.45, 7) is 17.5. The van der Waals surface area contributed by atoms with Crippen molar-refractivity contribution in [3.8, 4) is 112 Å². The highest BCUT2D eigenvalue weighted by Gasteiger charge is 2.25. The highest BCUT2D eigenvalue weighted by Crippen LogP contribution is 2.46. The molecule has 0 aliphatic heterocycles. The first-order chi connectivity index (χ1) is 45.8. The van der Waals surface area contributed by atoms with Crippen LogP contribution in [0.25, 0.3) is 156 Å². The Hall–Kier alpha value is -11.6. The highest BCUT2D eigenvalue weighted by molar-refractivity contribution is 6.14. The van der Waals surface area contributed by atoms with Gasteiger partial charge in [0.1, 0.15) is 0 Å². The Morgan fingerprint density at radius 1 is 0.223 bits per heavy atom. The number of benzene rings is 12. The van der Waals surface area contributed by atoms with Crippen LogP contribution < -0.4 is 0 Å². The van der Waals surface area contributed by atoms with Crippen LogP contribution in [0.1, 0.15) is 44.5 Å². The van der Waals surface area contributed by atoms with Gasteiger partial charge in [-0.3, -0.25) is 4.98 Å². The van der Waals surface area contributed by atoms with Gasteiger partial charge in [-0.2, -0.15) is 0 Å². The molecule has 0 amide bonds. The zero-order valence-electron chi connectivity index (χ0n) is 54.1. The lowest BCUT2D eigenvalue weighted by molar-refractivity contribution is 1.07. The molecule has 0 saturated heterocycles. The maximum atomic E-state index is 5.51. The molecule has 12 aromatic carbocycles. The van der Waals surface area contributed by atoms with Crippen molar-refractivity contribution >= 4 is 43.6 Å². The quantitative estimate of drug-likeness (QED) is 0.129. The first-order valence-corrected chi connectivity index (χ1v) is 32.4. The molecule has 0 aliphatic rings. The maximum Gasteiger partial charge on any atom is 0.164 e. The average Bonchev–Trinajstić information content (AvgIpc) is 1.58. The second kappa shape index (κ2) is 23.3. The minimum absolute atomic E-state index is 0.561. The molecule has 0 bridgehead atoms. The van der Waals surface area contributed by atoms with Gasteiger partial charge in [0.2, 0.25) is 0 Å². The van der Waals surface area contributed by atoms with Gasteiger partial charge in [0.25, 0.3) is 0 Å². The van der Waals surface area contributed by atoms with Gasteiger partial charge < -0.3 is 9.13 Å². The molecule has 0 aliphatic carbocycles. The van der Waals surface area contributed by atoms with Crippen molar-refractivity contribution in [1.29, 1.82) is 0 Å². The SMILES string of the molecule is Cc1cc(C)cc(-c2ccc3c(c2)c2cc(-c4cc(C)cc(C)c4)ccc2n3-c2ccc(-c3nc(-c4ccccc4)nc(-c4ccccc4)n3)c(-c3cc(-c4ccncc4)ccc3-n3c4ccc(-c5cc(C)cc(C)c5)cc4c4cc(-c5cc(C)cc(C)c5)ccc43)c2)c1. The summed E-state index contributed by atoms with van der Waals surface area (Å²) in [6.07, 6.45) is 3.76. The Kier molecular flexibility index (Phi) is 14.2. The van der Waals surface area contributed by atoms with Crippen molar-refractivity contribution in [3.63, 3.8) is 0 Å². The Morgan fingerprint density at radius 3 is 0.968 bits per heavy atom. The van der Waals surface area contributed by atoms with Crippen molar-refractivity contribution in [2.24, 2.45) is 0 Å². The van der Waals surface area contributed by atoms with Crippen LogP contribution in [0, 0.1) is 55.4 Å². The van der Waals surface area contributed by atoms with E-state index in [1.807, 2.05) is 48.8 Å². The third-order valence-electron chi connectivity index (χ3n) is 18.5.